The van der Waals surface area contributed by atoms with Crippen molar-refractivity contribution in [2.45, 2.75) is 6.42 Å². The lowest BCUT2D eigenvalue weighted by Crippen LogP contribution is -2.07. The molecule has 0 atom stereocenters. The minimum Gasteiger partial charge on any atom is -0.501 e. The van der Waals surface area contributed by atoms with Crippen LogP contribution in [0.15, 0.2) is 23.5 Å². The van der Waals surface area contributed by atoms with Crippen LogP contribution in [0.2, 0.25) is 0 Å². The van der Waals surface area contributed by atoms with Gasteiger partial charge in [-0.2, -0.15) is 5.26 Å². The van der Waals surface area contributed by atoms with Crippen LogP contribution < -0.4 is 0 Å². The molecule has 0 saturated heterocycles. The predicted molar refractivity (Wildman–Crippen MR) is 38.4 cm³/mol. The second kappa shape index (κ2) is 3.02. The third-order valence-corrected chi connectivity index (χ3v) is 1.45. The summed E-state index contributed by atoms with van der Waals surface area (Å²) in [6, 6.07) is 1.81. The summed E-state index contributed by atoms with van der Waals surface area (Å²) >= 11 is 0. The average Bonchev–Trinajstić information content (AvgIpc) is 2.04. The zero-order chi connectivity index (χ0) is 8.27. The van der Waals surface area contributed by atoms with Crippen molar-refractivity contribution in [2.75, 3.05) is 7.11 Å². The van der Waals surface area contributed by atoms with Crippen molar-refractivity contribution in [1.29, 1.82) is 5.26 Å². The zero-order valence-corrected chi connectivity index (χ0v) is 6.13. The van der Waals surface area contributed by atoms with Crippen molar-refractivity contribution in [2.24, 2.45) is 0 Å². The first kappa shape index (κ1) is 7.55. The lowest BCUT2D eigenvalue weighted by molar-refractivity contribution is -0.115. The molecule has 3 heteroatoms. The third-order valence-electron chi connectivity index (χ3n) is 1.45. The molecule has 1 rings (SSSR count). The maximum absolute atomic E-state index is 11.0. The number of ketones is 1. The van der Waals surface area contributed by atoms with Gasteiger partial charge < -0.3 is 4.74 Å². The molecular weight excluding hydrogens is 142 g/mol. The van der Waals surface area contributed by atoms with Crippen LogP contribution in [0.25, 0.3) is 0 Å². The molecule has 56 valence electrons. The molecule has 1 aliphatic rings. The molecule has 0 N–H and O–H groups in total. The van der Waals surface area contributed by atoms with Crippen LogP contribution in [-0.4, -0.2) is 12.9 Å². The van der Waals surface area contributed by atoms with E-state index in [0.717, 1.165) is 0 Å². The fourth-order valence-corrected chi connectivity index (χ4v) is 0.821. The van der Waals surface area contributed by atoms with Crippen molar-refractivity contribution in [3.8, 4) is 6.07 Å². The Kier molecular flexibility index (Phi) is 2.07. The van der Waals surface area contributed by atoms with E-state index in [1.54, 1.807) is 6.08 Å². The highest BCUT2D eigenvalue weighted by atomic mass is 16.5. The molecule has 0 aliphatic heterocycles. The lowest BCUT2D eigenvalue weighted by Gasteiger charge is -2.07. The maximum Gasteiger partial charge on any atom is 0.180 e. The normalized spacial score (nSPS) is 16.5. The number of allylic oxidation sites excluding steroid dienone is 4. The number of rotatable bonds is 1. The number of nitrogens with zero attached hydrogens (tertiary/aromatic N) is 1. The highest BCUT2D eigenvalue weighted by Gasteiger charge is 2.14. The molecule has 0 heterocycles. The predicted octanol–water partition coefficient (Wildman–Crippen LogP) is 0.939. The summed E-state index contributed by atoms with van der Waals surface area (Å²) in [5.41, 5.74) is 0.200. The Hall–Kier alpha value is -1.56. The third kappa shape index (κ3) is 1.47. The topological polar surface area (TPSA) is 50.1 Å². The van der Waals surface area contributed by atoms with E-state index in [1.807, 2.05) is 6.07 Å². The van der Waals surface area contributed by atoms with Gasteiger partial charge in [0, 0.05) is 0 Å². The molecule has 0 radical (unpaired) electrons. The van der Waals surface area contributed by atoms with Gasteiger partial charge in [-0.15, -0.1) is 0 Å². The second-order valence-electron chi connectivity index (χ2n) is 2.13. The van der Waals surface area contributed by atoms with Crippen LogP contribution in [0.3, 0.4) is 0 Å². The molecule has 0 amide bonds. The molecule has 0 aromatic carbocycles. The van der Waals surface area contributed by atoms with Crippen molar-refractivity contribution >= 4 is 5.78 Å². The second-order valence-corrected chi connectivity index (χ2v) is 2.13. The van der Waals surface area contributed by atoms with E-state index in [4.69, 9.17) is 10.00 Å². The SMILES string of the molecule is COC1=CC=C(C#N)C(=O)C1. The Morgan fingerprint density at radius 2 is 2.36 bits per heavy atom. The number of carbonyl (C=O) groups is 1. The van der Waals surface area contributed by atoms with Gasteiger partial charge >= 0.3 is 0 Å². The molecule has 3 nitrogen and oxygen atoms in total. The molecule has 1 aliphatic carbocycles. The molecule has 0 saturated carbocycles. The number of ether oxygens (including phenoxy) is 1. The van der Waals surface area contributed by atoms with Crippen molar-refractivity contribution in [3.63, 3.8) is 0 Å². The minimum atomic E-state index is -0.174. The average molecular weight is 149 g/mol. The maximum atomic E-state index is 11.0. The molecule has 0 spiro atoms. The van der Waals surface area contributed by atoms with E-state index >= 15 is 0 Å². The number of Topliss-reactive ketones (excluding diaryl/α,β-unsaturated/α-hetero) is 1. The summed E-state index contributed by atoms with van der Waals surface area (Å²) < 4.78 is 4.84. The molecular formula is C8H7NO2. The van der Waals surface area contributed by atoms with Gasteiger partial charge in [-0.1, -0.05) is 0 Å². The highest BCUT2D eigenvalue weighted by molar-refractivity contribution is 6.01. The summed E-state index contributed by atoms with van der Waals surface area (Å²) in [5.74, 6) is 0.431. The first-order chi connectivity index (χ1) is 5.27. The molecule has 0 aromatic heterocycles. The molecule has 0 unspecified atom stereocenters. The van der Waals surface area contributed by atoms with Crippen LogP contribution in [0, 0.1) is 11.3 Å². The van der Waals surface area contributed by atoms with E-state index in [-0.39, 0.29) is 17.8 Å². The first-order valence-electron chi connectivity index (χ1n) is 3.16. The molecule has 0 aromatic rings. The number of hydrogen-bond acceptors (Lipinski definition) is 3. The van der Waals surface area contributed by atoms with Crippen LogP contribution in [-0.2, 0) is 9.53 Å². The van der Waals surface area contributed by atoms with Crippen LogP contribution >= 0.6 is 0 Å². The van der Waals surface area contributed by atoms with Gasteiger partial charge in [-0.3, -0.25) is 4.79 Å². The lowest BCUT2D eigenvalue weighted by atomic mass is 10.0. The Balaban J connectivity index is 2.88. The number of methoxy groups -OCH3 is 1. The summed E-state index contributed by atoms with van der Waals surface area (Å²) in [5, 5.41) is 8.41. The van der Waals surface area contributed by atoms with Crippen LogP contribution in [0.5, 0.6) is 0 Å². The Morgan fingerprint density at radius 1 is 1.64 bits per heavy atom. The first-order valence-corrected chi connectivity index (χ1v) is 3.16. The van der Waals surface area contributed by atoms with Crippen molar-refractivity contribution in [1.82, 2.24) is 0 Å². The van der Waals surface area contributed by atoms with Gasteiger partial charge in [0.25, 0.3) is 0 Å². The fourth-order valence-electron chi connectivity index (χ4n) is 0.821. The Bertz CT molecular complexity index is 281. The van der Waals surface area contributed by atoms with Crippen molar-refractivity contribution < 1.29 is 9.53 Å². The van der Waals surface area contributed by atoms with Gasteiger partial charge in [0.2, 0.25) is 0 Å². The minimum absolute atomic E-state index is 0.174. The molecule has 0 fully saturated rings. The Labute approximate surface area is 64.6 Å². The van der Waals surface area contributed by atoms with Crippen molar-refractivity contribution in [3.05, 3.63) is 23.5 Å². The van der Waals surface area contributed by atoms with E-state index < -0.39 is 0 Å². The summed E-state index contributed by atoms with van der Waals surface area (Å²) in [6.07, 6.45) is 3.32. The quantitative estimate of drug-likeness (QED) is 0.557. The zero-order valence-electron chi connectivity index (χ0n) is 6.13. The van der Waals surface area contributed by atoms with Gasteiger partial charge in [0.05, 0.1) is 19.1 Å². The van der Waals surface area contributed by atoms with Crippen LogP contribution in [0.4, 0.5) is 0 Å². The summed E-state index contributed by atoms with van der Waals surface area (Å²) in [4.78, 5) is 11.0. The van der Waals surface area contributed by atoms with Gasteiger partial charge in [-0.05, 0) is 12.2 Å². The van der Waals surface area contributed by atoms with E-state index in [9.17, 15) is 4.79 Å². The summed E-state index contributed by atoms with van der Waals surface area (Å²) in [7, 11) is 1.50. The number of carbonyl (C=O) groups excluding carboxylic acids is 1. The smallest absolute Gasteiger partial charge is 0.180 e. The van der Waals surface area contributed by atoms with Crippen LogP contribution in [0.1, 0.15) is 6.42 Å². The van der Waals surface area contributed by atoms with Gasteiger partial charge in [0.15, 0.2) is 5.78 Å². The van der Waals surface area contributed by atoms with E-state index in [1.165, 1.54) is 13.2 Å². The molecule has 11 heavy (non-hydrogen) atoms. The highest BCUT2D eigenvalue weighted by Crippen LogP contribution is 2.14. The molecule has 0 bridgehead atoms. The Morgan fingerprint density at radius 3 is 2.82 bits per heavy atom. The summed E-state index contributed by atoms with van der Waals surface area (Å²) in [6.45, 7) is 0. The number of nitriles is 1. The standard InChI is InChI=1S/C8H7NO2/c1-11-7-3-2-6(5-9)8(10)4-7/h2-3H,4H2,1H3. The van der Waals surface area contributed by atoms with E-state index in [0.29, 0.717) is 5.76 Å². The largest absolute Gasteiger partial charge is 0.501 e. The van der Waals surface area contributed by atoms with E-state index in [2.05, 4.69) is 0 Å². The van der Waals surface area contributed by atoms with Gasteiger partial charge in [-0.25, -0.2) is 0 Å². The fraction of sp³-hybridized carbons (Fsp3) is 0.250. The van der Waals surface area contributed by atoms with Gasteiger partial charge in [0.1, 0.15) is 11.8 Å². The number of hydrogen-bond donors (Lipinski definition) is 0. The monoisotopic (exact) mass is 149 g/mol.